The zero-order valence-electron chi connectivity index (χ0n) is 16.1. The van der Waals surface area contributed by atoms with Crippen molar-refractivity contribution in [2.45, 2.75) is 26.3 Å². The van der Waals surface area contributed by atoms with Crippen molar-refractivity contribution in [2.75, 3.05) is 11.5 Å². The standard InChI is InChI=1S/C20H21N7O2/c1-12(2)16-10-29-20(28)27(16)17-7-8-26-19(24-17)15(9-23-26)13-3-5-14(6-4-13)18-21-11-22-25-18/h3-9,11-12,16,20,28H,10H2,1-2H3,(H,21,22,25). The van der Waals surface area contributed by atoms with Crippen molar-refractivity contribution in [1.29, 1.82) is 0 Å². The largest absolute Gasteiger partial charge is 0.351 e. The van der Waals surface area contributed by atoms with E-state index >= 15 is 0 Å². The normalized spacial score (nSPS) is 19.5. The zero-order chi connectivity index (χ0) is 20.0. The Morgan fingerprint density at radius 3 is 2.69 bits per heavy atom. The summed E-state index contributed by atoms with van der Waals surface area (Å²) >= 11 is 0. The van der Waals surface area contributed by atoms with Gasteiger partial charge in [0.05, 0.1) is 18.8 Å². The lowest BCUT2D eigenvalue weighted by molar-refractivity contribution is -0.0578. The molecule has 0 aliphatic carbocycles. The molecule has 9 heteroatoms. The highest BCUT2D eigenvalue weighted by molar-refractivity contribution is 5.79. The molecule has 1 aromatic carbocycles. The second-order valence-corrected chi connectivity index (χ2v) is 7.40. The molecule has 2 unspecified atom stereocenters. The molecule has 2 atom stereocenters. The van der Waals surface area contributed by atoms with Crippen LogP contribution >= 0.6 is 0 Å². The van der Waals surface area contributed by atoms with Gasteiger partial charge in [0.1, 0.15) is 12.1 Å². The number of H-pyrrole nitrogens is 1. The lowest BCUT2D eigenvalue weighted by Gasteiger charge is -2.28. The zero-order valence-corrected chi connectivity index (χ0v) is 16.1. The van der Waals surface area contributed by atoms with Crippen molar-refractivity contribution < 1.29 is 9.84 Å². The molecule has 2 N–H and O–H groups in total. The lowest BCUT2D eigenvalue weighted by atomic mass is 10.0. The van der Waals surface area contributed by atoms with Gasteiger partial charge in [-0.2, -0.15) is 10.2 Å². The Morgan fingerprint density at radius 2 is 1.97 bits per heavy atom. The van der Waals surface area contributed by atoms with Crippen LogP contribution in [0.2, 0.25) is 0 Å². The number of nitrogens with one attached hydrogen (secondary N) is 1. The van der Waals surface area contributed by atoms with Gasteiger partial charge in [0.2, 0.25) is 6.41 Å². The number of ether oxygens (including phenoxy) is 1. The molecule has 9 nitrogen and oxygen atoms in total. The Balaban J connectivity index is 1.53. The van der Waals surface area contributed by atoms with E-state index in [-0.39, 0.29) is 6.04 Å². The number of nitrogens with zero attached hydrogens (tertiary/aromatic N) is 6. The molecule has 1 aliphatic rings. The molecular weight excluding hydrogens is 370 g/mol. The number of aromatic nitrogens is 6. The average Bonchev–Trinajstić information content (AvgIpc) is 3.47. The first-order valence-corrected chi connectivity index (χ1v) is 9.50. The topological polar surface area (TPSA) is 104 Å². The minimum Gasteiger partial charge on any atom is -0.351 e. The fraction of sp³-hybridized carbons (Fsp3) is 0.300. The summed E-state index contributed by atoms with van der Waals surface area (Å²) in [7, 11) is 0. The Bertz CT molecular complexity index is 1120. The van der Waals surface area contributed by atoms with Crippen molar-refractivity contribution in [3.8, 4) is 22.5 Å². The third kappa shape index (κ3) is 3.04. The Labute approximate surface area is 167 Å². The summed E-state index contributed by atoms with van der Waals surface area (Å²) in [5.41, 5.74) is 3.57. The molecule has 4 heterocycles. The highest BCUT2D eigenvalue weighted by atomic mass is 16.6. The maximum atomic E-state index is 10.3. The minimum absolute atomic E-state index is 0.0625. The average molecular weight is 391 g/mol. The van der Waals surface area contributed by atoms with E-state index in [1.807, 2.05) is 41.4 Å². The number of aromatic amines is 1. The highest BCUT2D eigenvalue weighted by Gasteiger charge is 2.36. The monoisotopic (exact) mass is 391 g/mol. The molecule has 0 amide bonds. The number of hydrogen-bond acceptors (Lipinski definition) is 7. The fourth-order valence-corrected chi connectivity index (χ4v) is 3.66. The first-order valence-electron chi connectivity index (χ1n) is 9.50. The van der Waals surface area contributed by atoms with E-state index in [0.29, 0.717) is 18.3 Å². The Kier molecular flexibility index (Phi) is 4.26. The van der Waals surface area contributed by atoms with Gasteiger partial charge in [-0.05, 0) is 17.5 Å². The maximum Gasteiger partial charge on any atom is 0.239 e. The molecule has 0 radical (unpaired) electrons. The van der Waals surface area contributed by atoms with Crippen LogP contribution in [-0.2, 0) is 4.74 Å². The molecule has 0 bridgehead atoms. The smallest absolute Gasteiger partial charge is 0.239 e. The number of aliphatic hydroxyl groups is 1. The summed E-state index contributed by atoms with van der Waals surface area (Å²) in [6.45, 7) is 4.69. The number of anilines is 1. The highest BCUT2D eigenvalue weighted by Crippen LogP contribution is 2.30. The molecule has 1 fully saturated rings. The van der Waals surface area contributed by atoms with Crippen LogP contribution in [0.15, 0.2) is 49.1 Å². The third-order valence-electron chi connectivity index (χ3n) is 5.28. The molecule has 1 saturated heterocycles. The van der Waals surface area contributed by atoms with Gasteiger partial charge in [0, 0.05) is 17.3 Å². The molecule has 5 rings (SSSR count). The van der Waals surface area contributed by atoms with Gasteiger partial charge in [-0.15, -0.1) is 0 Å². The SMILES string of the molecule is CC(C)C1COC(O)N1c1ccn2ncc(-c3ccc(-c4ncn[nH]4)cc3)c2n1. The van der Waals surface area contributed by atoms with E-state index < -0.39 is 6.41 Å². The molecular formula is C20H21N7O2. The lowest BCUT2D eigenvalue weighted by Crippen LogP contribution is -2.40. The van der Waals surface area contributed by atoms with Crippen molar-refractivity contribution in [1.82, 2.24) is 29.8 Å². The Morgan fingerprint density at radius 1 is 1.17 bits per heavy atom. The van der Waals surface area contributed by atoms with Crippen molar-refractivity contribution in [3.05, 3.63) is 49.1 Å². The molecule has 0 spiro atoms. The summed E-state index contributed by atoms with van der Waals surface area (Å²) < 4.78 is 7.19. The first-order chi connectivity index (χ1) is 14.1. The summed E-state index contributed by atoms with van der Waals surface area (Å²) in [4.78, 5) is 10.8. The van der Waals surface area contributed by atoms with Gasteiger partial charge >= 0.3 is 0 Å². The second-order valence-electron chi connectivity index (χ2n) is 7.40. The number of aliphatic hydroxyl groups excluding tert-OH is 1. The van der Waals surface area contributed by atoms with Crippen molar-refractivity contribution in [2.24, 2.45) is 5.92 Å². The van der Waals surface area contributed by atoms with Gasteiger partial charge in [0.25, 0.3) is 0 Å². The predicted molar refractivity (Wildman–Crippen MR) is 107 cm³/mol. The fourth-order valence-electron chi connectivity index (χ4n) is 3.66. The Hall–Kier alpha value is -3.30. The van der Waals surface area contributed by atoms with E-state index in [0.717, 1.165) is 28.2 Å². The molecule has 4 aromatic rings. The van der Waals surface area contributed by atoms with Crippen LogP contribution in [-0.4, -0.2) is 53.9 Å². The molecule has 148 valence electrons. The second kappa shape index (κ2) is 6.94. The molecule has 29 heavy (non-hydrogen) atoms. The van der Waals surface area contributed by atoms with Crippen LogP contribution < -0.4 is 4.90 Å². The van der Waals surface area contributed by atoms with Crippen LogP contribution in [0, 0.1) is 5.92 Å². The van der Waals surface area contributed by atoms with Gasteiger partial charge in [-0.1, -0.05) is 38.1 Å². The van der Waals surface area contributed by atoms with E-state index in [9.17, 15) is 5.11 Å². The van der Waals surface area contributed by atoms with Crippen LogP contribution in [0.25, 0.3) is 28.2 Å². The van der Waals surface area contributed by atoms with Crippen molar-refractivity contribution >= 4 is 11.5 Å². The van der Waals surface area contributed by atoms with Gasteiger partial charge in [-0.25, -0.2) is 14.5 Å². The summed E-state index contributed by atoms with van der Waals surface area (Å²) in [5, 5.41) is 21.5. The molecule has 3 aromatic heterocycles. The van der Waals surface area contributed by atoms with E-state index in [2.05, 4.69) is 34.1 Å². The number of fused-ring (bicyclic) bond motifs is 1. The number of benzene rings is 1. The minimum atomic E-state index is -0.995. The van der Waals surface area contributed by atoms with E-state index in [4.69, 9.17) is 9.72 Å². The van der Waals surface area contributed by atoms with Crippen LogP contribution in [0.1, 0.15) is 13.8 Å². The van der Waals surface area contributed by atoms with Crippen molar-refractivity contribution in [3.63, 3.8) is 0 Å². The van der Waals surface area contributed by atoms with E-state index in [1.165, 1.54) is 6.33 Å². The summed E-state index contributed by atoms with van der Waals surface area (Å²) in [6.07, 6.45) is 4.14. The van der Waals surface area contributed by atoms with Crippen LogP contribution in [0.4, 0.5) is 5.82 Å². The summed E-state index contributed by atoms with van der Waals surface area (Å²) in [6, 6.07) is 9.89. The first kappa shape index (κ1) is 17.8. The summed E-state index contributed by atoms with van der Waals surface area (Å²) in [5.74, 6) is 1.71. The molecule has 1 aliphatic heterocycles. The van der Waals surface area contributed by atoms with Gasteiger partial charge in [-0.3, -0.25) is 5.10 Å². The quantitative estimate of drug-likeness (QED) is 0.550. The molecule has 0 saturated carbocycles. The van der Waals surface area contributed by atoms with Gasteiger partial charge in [0.15, 0.2) is 11.5 Å². The van der Waals surface area contributed by atoms with Crippen LogP contribution in [0.5, 0.6) is 0 Å². The number of rotatable bonds is 4. The van der Waals surface area contributed by atoms with E-state index in [1.54, 1.807) is 10.7 Å². The predicted octanol–water partition coefficient (Wildman–Crippen LogP) is 2.32. The van der Waals surface area contributed by atoms with Gasteiger partial charge < -0.3 is 14.7 Å². The maximum absolute atomic E-state index is 10.3. The third-order valence-corrected chi connectivity index (χ3v) is 5.28. The number of hydrogen-bond donors (Lipinski definition) is 2. The van der Waals surface area contributed by atoms with Crippen LogP contribution in [0.3, 0.4) is 0 Å².